The van der Waals surface area contributed by atoms with E-state index >= 15 is 0 Å². The van der Waals surface area contributed by atoms with Crippen molar-refractivity contribution in [2.24, 2.45) is 0 Å². The molecule has 1 amide bonds. The molecule has 1 fully saturated rings. The van der Waals surface area contributed by atoms with Crippen LogP contribution in [0.3, 0.4) is 0 Å². The number of fused-ring (bicyclic) bond motifs is 1. The normalized spacial score (nSPS) is 20.0. The van der Waals surface area contributed by atoms with Crippen LogP contribution in [0.5, 0.6) is 5.75 Å². The summed E-state index contributed by atoms with van der Waals surface area (Å²) in [5.74, 6) is 1.62. The topological polar surface area (TPSA) is 67.4 Å². The van der Waals surface area contributed by atoms with Gasteiger partial charge in [0.2, 0.25) is 5.95 Å². The lowest BCUT2D eigenvalue weighted by Gasteiger charge is -2.47. The van der Waals surface area contributed by atoms with Gasteiger partial charge in [-0.3, -0.25) is 4.79 Å². The molecule has 29 heavy (non-hydrogen) atoms. The molecule has 1 spiro atoms. The highest BCUT2D eigenvalue weighted by Gasteiger charge is 2.44. The van der Waals surface area contributed by atoms with Crippen LogP contribution < -0.4 is 15.0 Å². The Morgan fingerprint density at radius 3 is 2.66 bits per heavy atom. The molecule has 0 aliphatic carbocycles. The zero-order valence-electron chi connectivity index (χ0n) is 16.0. The molecule has 0 radical (unpaired) electrons. The molecule has 0 unspecified atom stereocenters. The number of hydrogen-bond donors (Lipinski definition) is 1. The van der Waals surface area contributed by atoms with Gasteiger partial charge < -0.3 is 15.0 Å². The number of nitrogens with one attached hydrogen (secondary N) is 1. The Morgan fingerprint density at radius 2 is 1.90 bits per heavy atom. The molecular weight excluding hydrogens is 384 g/mol. The van der Waals surface area contributed by atoms with Gasteiger partial charge in [0.05, 0.1) is 10.9 Å². The summed E-state index contributed by atoms with van der Waals surface area (Å²) in [7, 11) is 0. The first-order chi connectivity index (χ1) is 14.2. The van der Waals surface area contributed by atoms with Crippen molar-refractivity contribution in [2.45, 2.75) is 30.9 Å². The van der Waals surface area contributed by atoms with E-state index in [1.807, 2.05) is 41.8 Å². The number of rotatable bonds is 3. The Kier molecular flexibility index (Phi) is 4.67. The molecular formula is C22H22N4O2S. The zero-order chi connectivity index (χ0) is 19.7. The van der Waals surface area contributed by atoms with Crippen molar-refractivity contribution in [1.29, 1.82) is 0 Å². The summed E-state index contributed by atoms with van der Waals surface area (Å²) in [4.78, 5) is 24.4. The highest BCUT2D eigenvalue weighted by atomic mass is 32.1. The maximum Gasteiger partial charge on any atom is 0.261 e. The average molecular weight is 407 g/mol. The molecule has 5 rings (SSSR count). The summed E-state index contributed by atoms with van der Waals surface area (Å²) in [6.45, 7) is 1.66. The molecule has 7 heteroatoms. The summed E-state index contributed by atoms with van der Waals surface area (Å²) in [6.07, 6.45) is 6.05. The third kappa shape index (κ3) is 3.58. The second-order valence-corrected chi connectivity index (χ2v) is 8.51. The number of aromatic nitrogens is 2. The van der Waals surface area contributed by atoms with Crippen LogP contribution in [0.25, 0.3) is 0 Å². The molecule has 0 bridgehead atoms. The average Bonchev–Trinajstić information content (AvgIpc) is 3.30. The van der Waals surface area contributed by atoms with Crippen molar-refractivity contribution in [3.8, 4) is 5.75 Å². The second-order valence-electron chi connectivity index (χ2n) is 7.57. The third-order valence-electron chi connectivity index (χ3n) is 5.76. The number of piperidine rings is 1. The van der Waals surface area contributed by atoms with E-state index in [9.17, 15) is 4.79 Å². The lowest BCUT2D eigenvalue weighted by molar-refractivity contribution is 0.00848. The number of nitrogens with zero attached hydrogens (tertiary/aromatic N) is 3. The van der Waals surface area contributed by atoms with Crippen LogP contribution >= 0.6 is 11.3 Å². The minimum atomic E-state index is -0.285. The number of hydrogen-bond acceptors (Lipinski definition) is 6. The van der Waals surface area contributed by atoms with Gasteiger partial charge in [-0.15, -0.1) is 11.3 Å². The van der Waals surface area contributed by atoms with Crippen LogP contribution in [-0.4, -0.2) is 34.6 Å². The van der Waals surface area contributed by atoms with Gasteiger partial charge in [0.25, 0.3) is 5.91 Å². The van der Waals surface area contributed by atoms with Gasteiger partial charge in [-0.2, -0.15) is 0 Å². The van der Waals surface area contributed by atoms with Gasteiger partial charge in [0, 0.05) is 50.3 Å². The monoisotopic (exact) mass is 406 g/mol. The smallest absolute Gasteiger partial charge is 0.261 e. The number of amides is 1. The highest BCUT2D eigenvalue weighted by Crippen LogP contribution is 2.44. The van der Waals surface area contributed by atoms with Gasteiger partial charge in [-0.05, 0) is 23.6 Å². The van der Waals surface area contributed by atoms with Crippen LogP contribution in [0.15, 0.2) is 60.2 Å². The fourth-order valence-electron chi connectivity index (χ4n) is 4.26. The molecule has 2 aliphatic rings. The molecule has 1 N–H and O–H groups in total. The van der Waals surface area contributed by atoms with Gasteiger partial charge >= 0.3 is 0 Å². The summed E-state index contributed by atoms with van der Waals surface area (Å²) in [5.41, 5.74) is 0.768. The Hall–Kier alpha value is -2.93. The highest BCUT2D eigenvalue weighted by molar-refractivity contribution is 7.12. The number of thiophene rings is 1. The maximum absolute atomic E-state index is 12.7. The Balaban J connectivity index is 1.36. The number of para-hydroxylation sites is 1. The molecule has 1 saturated heterocycles. The molecule has 2 aromatic heterocycles. The quantitative estimate of drug-likeness (QED) is 0.716. The van der Waals surface area contributed by atoms with Crippen LogP contribution in [0.1, 0.15) is 40.5 Å². The van der Waals surface area contributed by atoms with Gasteiger partial charge in [0.1, 0.15) is 11.4 Å². The lowest BCUT2D eigenvalue weighted by atomic mass is 9.80. The number of carbonyl (C=O) groups is 1. The van der Waals surface area contributed by atoms with Gasteiger partial charge in [-0.1, -0.05) is 24.3 Å². The molecule has 0 saturated carbocycles. The fraction of sp³-hybridized carbons (Fsp3) is 0.318. The van der Waals surface area contributed by atoms with Crippen molar-refractivity contribution in [1.82, 2.24) is 15.3 Å². The minimum absolute atomic E-state index is 0.0213. The summed E-state index contributed by atoms with van der Waals surface area (Å²) >= 11 is 1.46. The van der Waals surface area contributed by atoms with Gasteiger partial charge in [0.15, 0.2) is 0 Å². The van der Waals surface area contributed by atoms with Crippen molar-refractivity contribution < 1.29 is 9.53 Å². The SMILES string of the molecule is O=C(N[C@@H]1CC2(CCN(c3ncccn3)CC2)Oc2ccccc21)c1cccs1. The fourth-order valence-corrected chi connectivity index (χ4v) is 4.89. The molecule has 2 aliphatic heterocycles. The van der Waals surface area contributed by atoms with Crippen molar-refractivity contribution >= 4 is 23.2 Å². The Bertz CT molecular complexity index is 985. The number of ether oxygens (including phenoxy) is 1. The van der Waals surface area contributed by atoms with E-state index in [0.29, 0.717) is 0 Å². The van der Waals surface area contributed by atoms with E-state index in [0.717, 1.165) is 54.5 Å². The number of benzene rings is 1. The van der Waals surface area contributed by atoms with Crippen LogP contribution in [0.4, 0.5) is 5.95 Å². The van der Waals surface area contributed by atoms with E-state index < -0.39 is 0 Å². The molecule has 6 nitrogen and oxygen atoms in total. The Morgan fingerprint density at radius 1 is 1.10 bits per heavy atom. The molecule has 3 aromatic rings. The second kappa shape index (κ2) is 7.48. The van der Waals surface area contributed by atoms with E-state index in [4.69, 9.17) is 4.74 Å². The number of carbonyl (C=O) groups excluding carboxylic acids is 1. The van der Waals surface area contributed by atoms with Crippen molar-refractivity contribution in [3.63, 3.8) is 0 Å². The lowest BCUT2D eigenvalue weighted by Crippen LogP contribution is -2.52. The van der Waals surface area contributed by atoms with E-state index in [2.05, 4.69) is 26.3 Å². The van der Waals surface area contributed by atoms with E-state index in [1.54, 1.807) is 12.4 Å². The molecule has 148 valence electrons. The number of anilines is 1. The van der Waals surface area contributed by atoms with Crippen molar-refractivity contribution in [3.05, 3.63) is 70.7 Å². The zero-order valence-corrected chi connectivity index (χ0v) is 16.8. The van der Waals surface area contributed by atoms with Crippen LogP contribution in [0, 0.1) is 0 Å². The van der Waals surface area contributed by atoms with Crippen molar-refractivity contribution in [2.75, 3.05) is 18.0 Å². The first-order valence-corrected chi connectivity index (χ1v) is 10.7. The summed E-state index contributed by atoms with van der Waals surface area (Å²) in [5, 5.41) is 5.17. The van der Waals surface area contributed by atoms with Crippen LogP contribution in [-0.2, 0) is 0 Å². The van der Waals surface area contributed by atoms with Crippen LogP contribution in [0.2, 0.25) is 0 Å². The predicted molar refractivity (Wildman–Crippen MR) is 112 cm³/mol. The first-order valence-electron chi connectivity index (χ1n) is 9.87. The molecule has 1 atom stereocenters. The first kappa shape index (κ1) is 18.1. The summed E-state index contributed by atoms with van der Waals surface area (Å²) < 4.78 is 6.53. The van der Waals surface area contributed by atoms with Gasteiger partial charge in [-0.25, -0.2) is 9.97 Å². The Labute approximate surface area is 173 Å². The summed E-state index contributed by atoms with van der Waals surface area (Å²) in [6, 6.07) is 13.6. The molecule has 1 aromatic carbocycles. The minimum Gasteiger partial charge on any atom is -0.487 e. The third-order valence-corrected chi connectivity index (χ3v) is 6.63. The van der Waals surface area contributed by atoms with E-state index in [-0.39, 0.29) is 17.6 Å². The predicted octanol–water partition coefficient (Wildman–Crippen LogP) is 3.83. The maximum atomic E-state index is 12.7. The molecule has 4 heterocycles. The van der Waals surface area contributed by atoms with E-state index in [1.165, 1.54) is 11.3 Å². The standard InChI is InChI=1S/C22H22N4O2S/c27-20(19-7-3-14-29-19)25-17-15-22(28-18-6-2-1-5-16(17)18)8-12-26(13-9-22)21-23-10-4-11-24-21/h1-7,10-11,14,17H,8-9,12-13,15H2,(H,25,27)/t17-/m1/s1. The largest absolute Gasteiger partial charge is 0.487 e.